The molecule has 1 N–H and O–H groups in total. The minimum atomic E-state index is -0.322. The van der Waals surface area contributed by atoms with Crippen LogP contribution in [0, 0.1) is 0 Å². The zero-order valence-electron chi connectivity index (χ0n) is 14.6. The lowest BCUT2D eigenvalue weighted by atomic mass is 9.99. The van der Waals surface area contributed by atoms with Crippen LogP contribution < -0.4 is 15.0 Å². The predicted molar refractivity (Wildman–Crippen MR) is 93.5 cm³/mol. The normalized spacial score (nSPS) is 18.3. The quantitative estimate of drug-likeness (QED) is 0.892. The van der Waals surface area contributed by atoms with Gasteiger partial charge in [-0.2, -0.15) is 5.10 Å². The number of aryl methyl sites for hydroxylation is 1. The van der Waals surface area contributed by atoms with E-state index in [1.807, 2.05) is 31.2 Å². The third-order valence-electron chi connectivity index (χ3n) is 4.46. The number of hydrogen-bond acceptors (Lipinski definition) is 4. The molecule has 2 aromatic rings. The van der Waals surface area contributed by atoms with Gasteiger partial charge in [-0.25, -0.2) is 0 Å². The van der Waals surface area contributed by atoms with Crippen molar-refractivity contribution in [1.29, 1.82) is 0 Å². The molecule has 0 radical (unpaired) electrons. The molecule has 0 aliphatic carbocycles. The maximum atomic E-state index is 12.6. The standard InChI is InChI=1S/C18H22N4O3/c1-12(13-5-4-6-16(7-13)25-3)18(24)20-14-8-17(23)22(10-14)15-9-19-21(2)11-15/h4-7,9,11-12,14H,8,10H2,1-3H3,(H,20,24). The second-order valence-electron chi connectivity index (χ2n) is 6.28. The minimum absolute atomic E-state index is 0.00710. The van der Waals surface area contributed by atoms with Crippen molar-refractivity contribution >= 4 is 17.5 Å². The zero-order valence-corrected chi connectivity index (χ0v) is 14.6. The number of carbonyl (C=O) groups excluding carboxylic acids is 2. The highest BCUT2D eigenvalue weighted by Gasteiger charge is 2.33. The molecule has 1 fully saturated rings. The Hall–Kier alpha value is -2.83. The minimum Gasteiger partial charge on any atom is -0.497 e. The van der Waals surface area contributed by atoms with Gasteiger partial charge in [-0.15, -0.1) is 0 Å². The molecule has 1 aromatic carbocycles. The van der Waals surface area contributed by atoms with E-state index in [0.717, 1.165) is 17.0 Å². The van der Waals surface area contributed by atoms with Crippen molar-refractivity contribution in [2.75, 3.05) is 18.6 Å². The van der Waals surface area contributed by atoms with Crippen molar-refractivity contribution in [2.45, 2.75) is 25.3 Å². The number of benzene rings is 1. The molecule has 2 heterocycles. The summed E-state index contributed by atoms with van der Waals surface area (Å²) < 4.78 is 6.86. The molecule has 0 spiro atoms. The van der Waals surface area contributed by atoms with E-state index in [1.54, 1.807) is 36.1 Å². The number of amides is 2. The van der Waals surface area contributed by atoms with Gasteiger partial charge in [-0.3, -0.25) is 14.3 Å². The van der Waals surface area contributed by atoms with Gasteiger partial charge in [-0.05, 0) is 24.6 Å². The number of carbonyl (C=O) groups is 2. The molecule has 25 heavy (non-hydrogen) atoms. The molecular formula is C18H22N4O3. The molecule has 1 aromatic heterocycles. The van der Waals surface area contributed by atoms with Crippen LogP contribution in [0.3, 0.4) is 0 Å². The van der Waals surface area contributed by atoms with Crippen LogP contribution in [0.25, 0.3) is 0 Å². The average Bonchev–Trinajstić information content (AvgIpc) is 3.19. The highest BCUT2D eigenvalue weighted by molar-refractivity contribution is 5.96. The Bertz CT molecular complexity index is 786. The Morgan fingerprint density at radius 1 is 1.44 bits per heavy atom. The van der Waals surface area contributed by atoms with E-state index < -0.39 is 0 Å². The molecule has 132 valence electrons. The van der Waals surface area contributed by atoms with Gasteiger partial charge in [0, 0.05) is 26.2 Å². The number of hydrogen-bond donors (Lipinski definition) is 1. The summed E-state index contributed by atoms with van der Waals surface area (Å²) in [6, 6.07) is 7.25. The van der Waals surface area contributed by atoms with E-state index in [0.29, 0.717) is 13.0 Å². The average molecular weight is 342 g/mol. The first-order valence-corrected chi connectivity index (χ1v) is 8.21. The number of methoxy groups -OCH3 is 1. The van der Waals surface area contributed by atoms with Gasteiger partial charge in [0.2, 0.25) is 11.8 Å². The lowest BCUT2D eigenvalue weighted by Gasteiger charge is -2.18. The van der Waals surface area contributed by atoms with Gasteiger partial charge in [0.1, 0.15) is 5.75 Å². The largest absolute Gasteiger partial charge is 0.497 e. The molecule has 3 rings (SSSR count). The van der Waals surface area contributed by atoms with Crippen LogP contribution in [0.1, 0.15) is 24.8 Å². The first kappa shape index (κ1) is 17.0. The van der Waals surface area contributed by atoms with E-state index in [2.05, 4.69) is 10.4 Å². The van der Waals surface area contributed by atoms with Crippen molar-refractivity contribution < 1.29 is 14.3 Å². The summed E-state index contributed by atoms with van der Waals surface area (Å²) >= 11 is 0. The molecule has 0 saturated carbocycles. The number of rotatable bonds is 5. The van der Waals surface area contributed by atoms with Gasteiger partial charge in [0.15, 0.2) is 0 Å². The molecule has 2 amide bonds. The number of aromatic nitrogens is 2. The first-order chi connectivity index (χ1) is 12.0. The van der Waals surface area contributed by atoms with Gasteiger partial charge in [0.05, 0.1) is 31.0 Å². The molecular weight excluding hydrogens is 320 g/mol. The molecule has 7 heteroatoms. The fraction of sp³-hybridized carbons (Fsp3) is 0.389. The molecule has 7 nitrogen and oxygen atoms in total. The van der Waals surface area contributed by atoms with Gasteiger partial charge < -0.3 is 15.0 Å². The summed E-state index contributed by atoms with van der Waals surface area (Å²) in [7, 11) is 3.40. The van der Waals surface area contributed by atoms with E-state index in [9.17, 15) is 9.59 Å². The topological polar surface area (TPSA) is 76.5 Å². The van der Waals surface area contributed by atoms with Gasteiger partial charge >= 0.3 is 0 Å². The Kier molecular flexibility index (Phi) is 4.74. The zero-order chi connectivity index (χ0) is 18.0. The summed E-state index contributed by atoms with van der Waals surface area (Å²) in [4.78, 5) is 26.4. The van der Waals surface area contributed by atoms with Crippen LogP contribution in [-0.4, -0.2) is 41.3 Å². The summed E-state index contributed by atoms with van der Waals surface area (Å²) in [6.07, 6.45) is 3.74. The Labute approximate surface area is 146 Å². The smallest absolute Gasteiger partial charge is 0.229 e. The summed E-state index contributed by atoms with van der Waals surface area (Å²) in [5.74, 6) is 0.292. The van der Waals surface area contributed by atoms with E-state index in [4.69, 9.17) is 4.74 Å². The maximum Gasteiger partial charge on any atom is 0.229 e. The second kappa shape index (κ2) is 6.96. The van der Waals surface area contributed by atoms with E-state index >= 15 is 0 Å². The fourth-order valence-electron chi connectivity index (χ4n) is 2.99. The number of anilines is 1. The molecule has 2 unspecified atom stereocenters. The van der Waals surface area contributed by atoms with E-state index in [1.165, 1.54) is 0 Å². The Morgan fingerprint density at radius 3 is 2.92 bits per heavy atom. The van der Waals surface area contributed by atoms with Crippen molar-refractivity contribution in [1.82, 2.24) is 15.1 Å². The Morgan fingerprint density at radius 2 is 2.24 bits per heavy atom. The molecule has 1 aliphatic rings. The number of ether oxygens (including phenoxy) is 1. The third kappa shape index (κ3) is 3.65. The maximum absolute atomic E-state index is 12.6. The number of nitrogens with one attached hydrogen (secondary N) is 1. The highest BCUT2D eigenvalue weighted by atomic mass is 16.5. The lowest BCUT2D eigenvalue weighted by molar-refractivity contribution is -0.122. The third-order valence-corrected chi connectivity index (χ3v) is 4.46. The summed E-state index contributed by atoms with van der Waals surface area (Å²) in [5, 5.41) is 7.07. The SMILES string of the molecule is COc1cccc(C(C)C(=O)NC2CC(=O)N(c3cnn(C)c3)C2)c1. The lowest BCUT2D eigenvalue weighted by Crippen LogP contribution is -2.39. The van der Waals surface area contributed by atoms with Crippen molar-refractivity contribution in [3.63, 3.8) is 0 Å². The summed E-state index contributed by atoms with van der Waals surface area (Å²) in [5.41, 5.74) is 1.63. The molecule has 1 saturated heterocycles. The fourth-order valence-corrected chi connectivity index (χ4v) is 2.99. The van der Waals surface area contributed by atoms with E-state index in [-0.39, 0.29) is 23.8 Å². The number of nitrogens with zero attached hydrogens (tertiary/aromatic N) is 3. The van der Waals surface area contributed by atoms with Gasteiger partial charge in [-0.1, -0.05) is 12.1 Å². The van der Waals surface area contributed by atoms with Crippen LogP contribution >= 0.6 is 0 Å². The van der Waals surface area contributed by atoms with Crippen LogP contribution in [0.5, 0.6) is 5.75 Å². The molecule has 0 bridgehead atoms. The van der Waals surface area contributed by atoms with Crippen molar-refractivity contribution in [2.24, 2.45) is 7.05 Å². The first-order valence-electron chi connectivity index (χ1n) is 8.21. The highest BCUT2D eigenvalue weighted by Crippen LogP contribution is 2.23. The van der Waals surface area contributed by atoms with Crippen molar-refractivity contribution in [3.8, 4) is 5.75 Å². The summed E-state index contributed by atoms with van der Waals surface area (Å²) in [6.45, 7) is 2.31. The van der Waals surface area contributed by atoms with Gasteiger partial charge in [0.25, 0.3) is 0 Å². The van der Waals surface area contributed by atoms with Crippen LogP contribution in [0.2, 0.25) is 0 Å². The second-order valence-corrected chi connectivity index (χ2v) is 6.28. The Balaban J connectivity index is 1.64. The molecule has 2 atom stereocenters. The van der Waals surface area contributed by atoms with Crippen molar-refractivity contribution in [3.05, 3.63) is 42.2 Å². The predicted octanol–water partition coefficient (Wildman–Crippen LogP) is 1.45. The van der Waals surface area contributed by atoms with Crippen LogP contribution in [-0.2, 0) is 16.6 Å². The molecule has 1 aliphatic heterocycles. The van der Waals surface area contributed by atoms with Crippen LogP contribution in [0.4, 0.5) is 5.69 Å². The van der Waals surface area contributed by atoms with Crippen LogP contribution in [0.15, 0.2) is 36.7 Å². The monoisotopic (exact) mass is 342 g/mol.